The van der Waals surface area contributed by atoms with E-state index in [4.69, 9.17) is 33.2 Å². The molecule has 13 N–H and O–H groups in total. The van der Waals surface area contributed by atoms with Crippen molar-refractivity contribution in [1.29, 1.82) is 0 Å². The van der Waals surface area contributed by atoms with Crippen LogP contribution in [0.5, 0.6) is 69.0 Å². The Morgan fingerprint density at radius 2 is 1.13 bits per heavy atom. The summed E-state index contributed by atoms with van der Waals surface area (Å²) in [4.78, 5) is 98.4. The van der Waals surface area contributed by atoms with Crippen LogP contribution in [0.2, 0.25) is 0 Å². The van der Waals surface area contributed by atoms with Gasteiger partial charge in [0.1, 0.15) is 18.5 Å². The lowest BCUT2D eigenvalue weighted by Crippen LogP contribution is -2.67. The van der Waals surface area contributed by atoms with E-state index in [1.165, 1.54) is 0 Å². The minimum absolute atomic E-state index is 0.363. The highest BCUT2D eigenvalue weighted by Crippen LogP contribution is 2.61. The summed E-state index contributed by atoms with van der Waals surface area (Å²) in [5.74, 6) is -32.4. The van der Waals surface area contributed by atoms with Crippen molar-refractivity contribution in [3.8, 4) is 80.1 Å². The van der Waals surface area contributed by atoms with Crippen LogP contribution < -0.4 is 4.74 Å². The number of Topliss-reactive ketones (excluding diaryl/α,β-unsaturated/α-hetero) is 1. The molecule has 0 saturated carbocycles. The van der Waals surface area contributed by atoms with Crippen molar-refractivity contribution in [3.05, 3.63) is 69.8 Å². The van der Waals surface area contributed by atoms with E-state index in [-0.39, 0.29) is 0 Å². The number of hydrogen-bond acceptors (Lipinski definition) is 27. The summed E-state index contributed by atoms with van der Waals surface area (Å²) in [5.41, 5.74) is -11.4. The van der Waals surface area contributed by atoms with Crippen molar-refractivity contribution in [2.45, 2.75) is 61.4 Å². The fraction of sp³-hybridized carbons (Fsp3) is 0.250. The summed E-state index contributed by atoms with van der Waals surface area (Å²) < 4.78 is 39.7. The van der Waals surface area contributed by atoms with Crippen molar-refractivity contribution in [2.75, 3.05) is 6.61 Å². The number of aliphatic hydroxyl groups is 2. The summed E-state index contributed by atoms with van der Waals surface area (Å²) in [7, 11) is 0. The summed E-state index contributed by atoms with van der Waals surface area (Å²) >= 11 is 0. The molecule has 0 spiro atoms. The molecule has 9 rings (SSSR count). The van der Waals surface area contributed by atoms with E-state index in [0.29, 0.717) is 36.4 Å². The van der Waals surface area contributed by atoms with Gasteiger partial charge in [0, 0.05) is 23.1 Å². The largest absolute Gasteiger partial charge is 0.504 e. The second-order valence-electron chi connectivity index (χ2n) is 16.5. The van der Waals surface area contributed by atoms with Crippen molar-refractivity contribution in [3.63, 3.8) is 0 Å². The van der Waals surface area contributed by atoms with Gasteiger partial charge >= 0.3 is 29.8 Å². The number of phenolic OH excluding ortho intramolecular Hbond substituents is 11. The predicted molar refractivity (Wildman–Crippen MR) is 217 cm³/mol. The molecule has 4 heterocycles. The Kier molecular flexibility index (Phi) is 10.5. The predicted octanol–water partition coefficient (Wildman–Crippen LogP) is -0.0722. The molecule has 370 valence electrons. The Hall–Kier alpha value is -9.21. The van der Waals surface area contributed by atoms with Crippen LogP contribution in [0.1, 0.15) is 66.3 Å². The number of rotatable bonds is 4. The Morgan fingerprint density at radius 3 is 1.72 bits per heavy atom. The van der Waals surface area contributed by atoms with Gasteiger partial charge in [-0.3, -0.25) is 9.59 Å². The number of esters is 5. The monoisotopic (exact) mass is 992 g/mol. The highest BCUT2D eigenvalue weighted by atomic mass is 16.7. The second-order valence-corrected chi connectivity index (χ2v) is 16.5. The highest BCUT2D eigenvalue weighted by Gasteiger charge is 2.71. The molecule has 4 bridgehead atoms. The van der Waals surface area contributed by atoms with Crippen molar-refractivity contribution < 1.29 is 133 Å². The average molecular weight is 993 g/mol. The number of phenols is 11. The third-order valence-electron chi connectivity index (χ3n) is 12.2. The molecule has 27 heteroatoms. The zero-order chi connectivity index (χ0) is 51.7. The number of hydrogen-bond donors (Lipinski definition) is 13. The van der Waals surface area contributed by atoms with Crippen molar-refractivity contribution >= 4 is 41.4 Å². The number of fused-ring (bicyclic) bond motifs is 3. The number of benzene rings is 4. The molecular formula is C44H32O27. The minimum atomic E-state index is -3.55. The number of ketones is 2. The summed E-state index contributed by atoms with van der Waals surface area (Å²) in [5, 5.41) is 141. The normalized spacial score (nSPS) is 26.4. The van der Waals surface area contributed by atoms with Gasteiger partial charge in [0.15, 0.2) is 75.3 Å². The Bertz CT molecular complexity index is 3150. The Morgan fingerprint density at radius 1 is 0.620 bits per heavy atom. The molecule has 0 amide bonds. The van der Waals surface area contributed by atoms with Crippen LogP contribution in [0, 0.1) is 0 Å². The highest BCUT2D eigenvalue weighted by molar-refractivity contribution is 6.11. The lowest BCUT2D eigenvalue weighted by Gasteiger charge is -2.45. The van der Waals surface area contributed by atoms with Crippen LogP contribution in [-0.2, 0) is 42.8 Å². The molecule has 5 aliphatic rings. The maximum atomic E-state index is 14.8. The lowest BCUT2D eigenvalue weighted by atomic mass is 9.67. The lowest BCUT2D eigenvalue weighted by molar-refractivity contribution is -0.286. The van der Waals surface area contributed by atoms with Gasteiger partial charge in [-0.15, -0.1) is 0 Å². The maximum Gasteiger partial charge on any atom is 0.340 e. The molecule has 8 atom stereocenters. The minimum Gasteiger partial charge on any atom is -0.504 e. The third-order valence-corrected chi connectivity index (χ3v) is 12.2. The third kappa shape index (κ3) is 6.88. The molecule has 0 aromatic heterocycles. The molecule has 27 nitrogen and oxygen atoms in total. The van der Waals surface area contributed by atoms with E-state index in [2.05, 4.69) is 0 Å². The van der Waals surface area contributed by atoms with Crippen LogP contribution in [-0.4, -0.2) is 156 Å². The molecule has 4 aliphatic heterocycles. The van der Waals surface area contributed by atoms with E-state index in [9.17, 15) is 99.9 Å². The van der Waals surface area contributed by atoms with Gasteiger partial charge < -0.3 is 99.5 Å². The average Bonchev–Trinajstić information content (AvgIpc) is 3.63. The van der Waals surface area contributed by atoms with Gasteiger partial charge in [0.2, 0.25) is 29.6 Å². The first kappa shape index (κ1) is 46.9. The van der Waals surface area contributed by atoms with E-state index < -0.39 is 216 Å². The van der Waals surface area contributed by atoms with Gasteiger partial charge in [-0.25, -0.2) is 24.0 Å². The SMILES string of the molecule is CC(=O)C[C@]1(O)C(=O)C=C2C(=O)OC3C4COC(=O)c5cc(O)c(O)c(O)c5-c5c(cc(O)c(O)c5O)C(=O)OC3C(OC(=O)c3cc(O)c(O)c5c3C2[C@@]1(O)O5)C(OC(=O)c1cc(O)c(O)c(O)c1)O4. The molecule has 1 saturated heterocycles. The van der Waals surface area contributed by atoms with E-state index >= 15 is 0 Å². The first-order valence-corrected chi connectivity index (χ1v) is 20.2. The molecule has 1 fully saturated rings. The number of ether oxygens (including phenoxy) is 7. The summed E-state index contributed by atoms with van der Waals surface area (Å²) in [6.45, 7) is -0.420. The fourth-order valence-corrected chi connectivity index (χ4v) is 8.90. The molecule has 71 heavy (non-hydrogen) atoms. The van der Waals surface area contributed by atoms with Crippen molar-refractivity contribution in [2.24, 2.45) is 0 Å². The number of aromatic hydroxyl groups is 11. The standard InChI is InChI=1S/C44H32O27/c1-10(45)8-43(63)22(51)7-15-26-25-14(6-20(50)30(55)34(25)71-44(26,43)64)40(61)69-36-35-33(67-41(15)62)21(66-42(36)70-37(58)11-2-16(46)27(52)17(47)3-11)9-65-38(59)12-4-18(48)28(53)31(56)23(12)24-13(39(60)68-35)5-19(49)29(54)32(24)57/h2-7,21,26,33,35-36,42,46-50,52-57,63-64H,8-9H2,1H3/t21?,26?,33?,35?,36?,42?,43-,44+/m0/s1. The Balaban J connectivity index is 1.30. The van der Waals surface area contributed by atoms with Crippen LogP contribution in [0.4, 0.5) is 0 Å². The Labute approximate surface area is 391 Å². The van der Waals surface area contributed by atoms with E-state index in [0.717, 1.165) is 6.92 Å². The number of carbonyl (C=O) groups is 7. The van der Waals surface area contributed by atoms with Gasteiger partial charge in [-0.2, -0.15) is 0 Å². The number of cyclic esters (lactones) is 1. The summed E-state index contributed by atoms with van der Waals surface area (Å²) in [6.07, 6.45) is -13.2. The first-order chi connectivity index (χ1) is 33.3. The fourth-order valence-electron chi connectivity index (χ4n) is 8.90. The molecule has 0 radical (unpaired) electrons. The van der Waals surface area contributed by atoms with Gasteiger partial charge in [-0.1, -0.05) is 0 Å². The van der Waals surface area contributed by atoms with Crippen LogP contribution in [0.3, 0.4) is 0 Å². The quantitative estimate of drug-likeness (QED) is 0.0723. The van der Waals surface area contributed by atoms with E-state index in [1.807, 2.05) is 0 Å². The van der Waals surface area contributed by atoms with Crippen molar-refractivity contribution in [1.82, 2.24) is 0 Å². The molecule has 4 aromatic carbocycles. The molecular weight excluding hydrogens is 960 g/mol. The molecule has 4 aromatic rings. The molecule has 1 aliphatic carbocycles. The first-order valence-electron chi connectivity index (χ1n) is 20.2. The van der Waals surface area contributed by atoms with Gasteiger partial charge in [0.25, 0.3) is 5.79 Å². The summed E-state index contributed by atoms with van der Waals surface area (Å²) in [6, 6.07) is 2.42. The molecule has 6 unspecified atom stereocenters. The van der Waals surface area contributed by atoms with Crippen LogP contribution >= 0.6 is 0 Å². The number of carbonyl (C=O) groups excluding carboxylic acids is 7. The van der Waals surface area contributed by atoms with Crippen LogP contribution in [0.15, 0.2) is 42.0 Å². The smallest absolute Gasteiger partial charge is 0.340 e. The maximum absolute atomic E-state index is 14.8. The zero-order valence-corrected chi connectivity index (χ0v) is 35.4. The van der Waals surface area contributed by atoms with E-state index in [1.54, 1.807) is 0 Å². The second kappa shape index (κ2) is 15.9. The van der Waals surface area contributed by atoms with Crippen LogP contribution in [0.25, 0.3) is 11.1 Å². The van der Waals surface area contributed by atoms with Gasteiger partial charge in [0.05, 0.1) is 33.7 Å². The zero-order valence-electron chi connectivity index (χ0n) is 35.4. The van der Waals surface area contributed by atoms with Gasteiger partial charge in [-0.05, 0) is 43.3 Å². The topological polar surface area (TPSA) is 447 Å².